The average molecular weight is 168 g/mol. The van der Waals surface area contributed by atoms with E-state index in [1.165, 1.54) is 25.7 Å². The van der Waals surface area contributed by atoms with E-state index in [0.717, 1.165) is 11.8 Å². The molecule has 0 heterocycles. The fourth-order valence-electron chi connectivity index (χ4n) is 1.17. The summed E-state index contributed by atoms with van der Waals surface area (Å²) in [7, 11) is 0. The van der Waals surface area contributed by atoms with E-state index in [1.807, 2.05) is 0 Å². The Morgan fingerprint density at radius 1 is 1.17 bits per heavy atom. The van der Waals surface area contributed by atoms with Gasteiger partial charge in [0.15, 0.2) is 0 Å². The lowest BCUT2D eigenvalue weighted by molar-refractivity contribution is 0.659. The molecule has 0 aromatic heterocycles. The first kappa shape index (κ1) is 14.1. The molecule has 1 aliphatic rings. The summed E-state index contributed by atoms with van der Waals surface area (Å²) in [4.78, 5) is 0. The third-order valence-corrected chi connectivity index (χ3v) is 1.94. The van der Waals surface area contributed by atoms with Crippen LogP contribution in [0, 0.1) is 24.7 Å². The van der Waals surface area contributed by atoms with Gasteiger partial charge in [-0.15, -0.1) is 12.8 Å². The minimum atomic E-state index is 1.07. The molecule has 0 spiro atoms. The maximum absolute atomic E-state index is 4.00. The van der Waals surface area contributed by atoms with E-state index in [-0.39, 0.29) is 0 Å². The lowest BCUT2D eigenvalue weighted by Crippen LogP contribution is -1.74. The van der Waals surface area contributed by atoms with Crippen LogP contribution in [0.2, 0.25) is 0 Å². The van der Waals surface area contributed by atoms with Crippen LogP contribution >= 0.6 is 0 Å². The van der Waals surface area contributed by atoms with Gasteiger partial charge in [-0.2, -0.15) is 0 Å². The van der Waals surface area contributed by atoms with Crippen LogP contribution in [0.5, 0.6) is 0 Å². The number of hydrogen-bond acceptors (Lipinski definition) is 0. The van der Waals surface area contributed by atoms with Gasteiger partial charge in [0.25, 0.3) is 0 Å². The van der Waals surface area contributed by atoms with Crippen molar-refractivity contribution in [3.05, 3.63) is 0 Å². The molecule has 0 nitrogen and oxygen atoms in total. The van der Waals surface area contributed by atoms with Crippen LogP contribution in [0.1, 0.15) is 53.4 Å². The number of rotatable bonds is 2. The maximum atomic E-state index is 4.00. The minimum Gasteiger partial charge on any atom is -0.124 e. The SMILES string of the molecule is C#C.CCC.CCCC1CC1C. The summed E-state index contributed by atoms with van der Waals surface area (Å²) in [6, 6.07) is 0. The molecule has 12 heavy (non-hydrogen) atoms. The van der Waals surface area contributed by atoms with Gasteiger partial charge in [0.1, 0.15) is 0 Å². The molecule has 0 heteroatoms. The quantitative estimate of drug-likeness (QED) is 0.544. The summed E-state index contributed by atoms with van der Waals surface area (Å²) >= 11 is 0. The highest BCUT2D eigenvalue weighted by atomic mass is 14.4. The Morgan fingerprint density at radius 3 is 1.58 bits per heavy atom. The van der Waals surface area contributed by atoms with E-state index in [0.29, 0.717) is 0 Å². The number of hydrogen-bond donors (Lipinski definition) is 0. The van der Waals surface area contributed by atoms with Crippen LogP contribution in [-0.4, -0.2) is 0 Å². The van der Waals surface area contributed by atoms with Gasteiger partial charge in [0, 0.05) is 0 Å². The van der Waals surface area contributed by atoms with Gasteiger partial charge in [-0.1, -0.05) is 47.0 Å². The van der Waals surface area contributed by atoms with Crippen molar-refractivity contribution < 1.29 is 0 Å². The van der Waals surface area contributed by atoms with Crippen molar-refractivity contribution in [2.45, 2.75) is 53.4 Å². The first-order valence-corrected chi connectivity index (χ1v) is 5.09. The molecule has 0 aliphatic heterocycles. The van der Waals surface area contributed by atoms with Gasteiger partial charge in [0.2, 0.25) is 0 Å². The van der Waals surface area contributed by atoms with Gasteiger partial charge >= 0.3 is 0 Å². The first-order valence-electron chi connectivity index (χ1n) is 5.09. The maximum Gasteiger partial charge on any atom is -0.0386 e. The molecule has 2 unspecified atom stereocenters. The van der Waals surface area contributed by atoms with Crippen LogP contribution in [0.15, 0.2) is 0 Å². The van der Waals surface area contributed by atoms with Crippen LogP contribution in [-0.2, 0) is 0 Å². The normalized spacial score (nSPS) is 24.2. The van der Waals surface area contributed by atoms with Crippen molar-refractivity contribution in [1.82, 2.24) is 0 Å². The molecule has 2 atom stereocenters. The summed E-state index contributed by atoms with van der Waals surface area (Å²) in [6.07, 6.45) is 13.6. The highest BCUT2D eigenvalue weighted by Crippen LogP contribution is 2.40. The molecule has 1 saturated carbocycles. The van der Waals surface area contributed by atoms with E-state index < -0.39 is 0 Å². The standard InChI is InChI=1S/C7H14.C3H8.C2H2/c1-3-4-7-5-6(7)2;1-3-2;1-2/h6-7H,3-5H2,1-2H3;3H2,1-2H3;1-2H. The van der Waals surface area contributed by atoms with Gasteiger partial charge < -0.3 is 0 Å². The average Bonchev–Trinajstić information content (AvgIpc) is 2.73. The van der Waals surface area contributed by atoms with Crippen LogP contribution in [0.4, 0.5) is 0 Å². The Morgan fingerprint density at radius 2 is 1.50 bits per heavy atom. The second kappa shape index (κ2) is 10.6. The molecule has 0 radical (unpaired) electrons. The van der Waals surface area contributed by atoms with Crippen LogP contribution < -0.4 is 0 Å². The van der Waals surface area contributed by atoms with Crippen LogP contribution in [0.25, 0.3) is 0 Å². The summed E-state index contributed by atoms with van der Waals surface area (Å²) in [5.41, 5.74) is 0. The second-order valence-corrected chi connectivity index (χ2v) is 3.47. The van der Waals surface area contributed by atoms with Crippen molar-refractivity contribution in [3.8, 4) is 12.8 Å². The Kier molecular flexibility index (Phi) is 12.4. The Balaban J connectivity index is 0. The van der Waals surface area contributed by atoms with E-state index in [2.05, 4.69) is 40.5 Å². The van der Waals surface area contributed by atoms with Gasteiger partial charge in [-0.05, 0) is 18.3 Å². The first-order chi connectivity index (χ1) is 5.76. The zero-order valence-corrected chi connectivity index (χ0v) is 9.14. The van der Waals surface area contributed by atoms with Gasteiger partial charge in [-0.25, -0.2) is 0 Å². The minimum absolute atomic E-state index is 1.07. The Labute approximate surface area is 78.8 Å². The van der Waals surface area contributed by atoms with Crippen molar-refractivity contribution >= 4 is 0 Å². The van der Waals surface area contributed by atoms with Gasteiger partial charge in [0.05, 0.1) is 0 Å². The van der Waals surface area contributed by atoms with E-state index in [4.69, 9.17) is 0 Å². The predicted molar refractivity (Wildman–Crippen MR) is 58.0 cm³/mol. The fraction of sp³-hybridized carbons (Fsp3) is 0.833. The van der Waals surface area contributed by atoms with E-state index in [1.54, 1.807) is 0 Å². The molecule has 0 bridgehead atoms. The third kappa shape index (κ3) is 9.56. The smallest absolute Gasteiger partial charge is 0.0386 e. The molecule has 0 aromatic rings. The monoisotopic (exact) mass is 168 g/mol. The lowest BCUT2D eigenvalue weighted by Gasteiger charge is -1.86. The van der Waals surface area contributed by atoms with Crippen molar-refractivity contribution in [2.24, 2.45) is 11.8 Å². The highest BCUT2D eigenvalue weighted by Gasteiger charge is 2.30. The molecular formula is C12H24. The third-order valence-electron chi connectivity index (χ3n) is 1.94. The predicted octanol–water partition coefficient (Wildman–Crippen LogP) is 4.11. The molecule has 1 aliphatic carbocycles. The second-order valence-electron chi connectivity index (χ2n) is 3.47. The molecule has 0 aromatic carbocycles. The molecule has 0 N–H and O–H groups in total. The van der Waals surface area contributed by atoms with Crippen molar-refractivity contribution in [2.75, 3.05) is 0 Å². The largest absolute Gasteiger partial charge is 0.124 e. The van der Waals surface area contributed by atoms with E-state index in [9.17, 15) is 0 Å². The summed E-state index contributed by atoms with van der Waals surface area (Å²) in [6.45, 7) is 8.87. The molecule has 1 rings (SSSR count). The van der Waals surface area contributed by atoms with Crippen LogP contribution in [0.3, 0.4) is 0 Å². The van der Waals surface area contributed by atoms with E-state index >= 15 is 0 Å². The lowest BCUT2D eigenvalue weighted by atomic mass is 10.2. The molecule has 1 fully saturated rings. The topological polar surface area (TPSA) is 0 Å². The molecular weight excluding hydrogens is 144 g/mol. The van der Waals surface area contributed by atoms with Gasteiger partial charge in [-0.3, -0.25) is 0 Å². The Bertz CT molecular complexity index is 91.5. The number of terminal acetylenes is 1. The fourth-order valence-corrected chi connectivity index (χ4v) is 1.17. The highest BCUT2D eigenvalue weighted by molar-refractivity contribution is 4.81. The molecule has 72 valence electrons. The van der Waals surface area contributed by atoms with Crippen molar-refractivity contribution in [1.29, 1.82) is 0 Å². The summed E-state index contributed by atoms with van der Waals surface area (Å²) < 4.78 is 0. The van der Waals surface area contributed by atoms with Crippen molar-refractivity contribution in [3.63, 3.8) is 0 Å². The molecule has 0 amide bonds. The summed E-state index contributed by atoms with van der Waals surface area (Å²) in [5, 5.41) is 0. The zero-order chi connectivity index (χ0) is 9.98. The zero-order valence-electron chi connectivity index (χ0n) is 9.14. The summed E-state index contributed by atoms with van der Waals surface area (Å²) in [5.74, 6) is 2.19. The Hall–Kier alpha value is -0.440. The molecule has 0 saturated heterocycles.